The Labute approximate surface area is 120 Å². The van der Waals surface area contributed by atoms with Gasteiger partial charge in [0.25, 0.3) is 0 Å². The maximum absolute atomic E-state index is 11.7. The van der Waals surface area contributed by atoms with E-state index in [0.717, 1.165) is 0 Å². The van der Waals surface area contributed by atoms with Crippen molar-refractivity contribution >= 4 is 23.5 Å². The molecular formula is C13H13ClN4O2. The number of anilines is 1. The Bertz CT molecular complexity index is 562. The zero-order valence-electron chi connectivity index (χ0n) is 10.5. The summed E-state index contributed by atoms with van der Waals surface area (Å²) in [6, 6.07) is 8.33. The second kappa shape index (κ2) is 6.83. The van der Waals surface area contributed by atoms with Gasteiger partial charge in [0.1, 0.15) is 0 Å². The maximum Gasteiger partial charge on any atom is 0.241 e. The summed E-state index contributed by atoms with van der Waals surface area (Å²) >= 11 is 5.75. The van der Waals surface area contributed by atoms with E-state index in [0.29, 0.717) is 10.6 Å². The minimum atomic E-state index is -0.897. The molecule has 7 heteroatoms. The lowest BCUT2D eigenvalue weighted by Gasteiger charge is -2.11. The van der Waals surface area contributed by atoms with Gasteiger partial charge in [0.05, 0.1) is 12.5 Å². The molecule has 2 aromatic rings. The van der Waals surface area contributed by atoms with Crippen LogP contribution in [-0.4, -0.2) is 21.0 Å². The minimum Gasteiger partial charge on any atom is -0.388 e. The summed E-state index contributed by atoms with van der Waals surface area (Å²) < 4.78 is 0. The van der Waals surface area contributed by atoms with Crippen molar-refractivity contribution in [3.8, 4) is 0 Å². The molecule has 2 rings (SSSR count). The average molecular weight is 293 g/mol. The van der Waals surface area contributed by atoms with Gasteiger partial charge in [-0.05, 0) is 23.8 Å². The van der Waals surface area contributed by atoms with Crippen LogP contribution in [0, 0.1) is 0 Å². The van der Waals surface area contributed by atoms with Crippen molar-refractivity contribution in [3.63, 3.8) is 0 Å². The van der Waals surface area contributed by atoms with Gasteiger partial charge in [-0.15, -0.1) is 0 Å². The van der Waals surface area contributed by atoms with Gasteiger partial charge in [-0.1, -0.05) is 23.7 Å². The van der Waals surface area contributed by atoms with Crippen LogP contribution in [0.5, 0.6) is 0 Å². The van der Waals surface area contributed by atoms with E-state index >= 15 is 0 Å². The molecule has 0 spiro atoms. The SMILES string of the molecule is O=C(CC(O)c1ccc(Cl)cc1)NNc1ncccn1. The average Bonchev–Trinajstić information content (AvgIpc) is 2.47. The summed E-state index contributed by atoms with van der Waals surface area (Å²) in [5.74, 6) is -0.0956. The van der Waals surface area contributed by atoms with E-state index in [1.165, 1.54) is 0 Å². The minimum absolute atomic E-state index is 0.0819. The first-order valence-electron chi connectivity index (χ1n) is 5.90. The van der Waals surface area contributed by atoms with E-state index in [1.807, 2.05) is 0 Å². The largest absolute Gasteiger partial charge is 0.388 e. The molecule has 20 heavy (non-hydrogen) atoms. The van der Waals surface area contributed by atoms with Crippen LogP contribution < -0.4 is 10.9 Å². The number of rotatable bonds is 5. The summed E-state index contributed by atoms with van der Waals surface area (Å²) in [7, 11) is 0. The summed E-state index contributed by atoms with van der Waals surface area (Å²) in [6.45, 7) is 0. The van der Waals surface area contributed by atoms with E-state index in [-0.39, 0.29) is 18.3 Å². The van der Waals surface area contributed by atoms with Gasteiger partial charge >= 0.3 is 0 Å². The highest BCUT2D eigenvalue weighted by Gasteiger charge is 2.12. The molecule has 0 aliphatic carbocycles. The number of halogens is 1. The Kier molecular flexibility index (Phi) is 4.86. The first-order chi connectivity index (χ1) is 9.65. The molecule has 1 heterocycles. The Morgan fingerprint density at radius 2 is 1.90 bits per heavy atom. The third kappa shape index (κ3) is 4.18. The predicted molar refractivity (Wildman–Crippen MR) is 74.8 cm³/mol. The first kappa shape index (κ1) is 14.2. The Morgan fingerprint density at radius 1 is 1.25 bits per heavy atom. The van der Waals surface area contributed by atoms with Crippen molar-refractivity contribution < 1.29 is 9.90 Å². The Hall–Kier alpha value is -2.18. The quantitative estimate of drug-likeness (QED) is 0.730. The van der Waals surface area contributed by atoms with E-state index in [9.17, 15) is 9.90 Å². The number of aromatic nitrogens is 2. The molecule has 0 saturated heterocycles. The molecule has 1 aromatic heterocycles. The van der Waals surface area contributed by atoms with Crippen molar-refractivity contribution in [2.24, 2.45) is 0 Å². The molecule has 0 radical (unpaired) electrons. The van der Waals surface area contributed by atoms with Crippen molar-refractivity contribution in [3.05, 3.63) is 53.3 Å². The van der Waals surface area contributed by atoms with Gasteiger partial charge in [0, 0.05) is 17.4 Å². The molecule has 1 aromatic carbocycles. The monoisotopic (exact) mass is 292 g/mol. The summed E-state index contributed by atoms with van der Waals surface area (Å²) in [4.78, 5) is 19.4. The standard InChI is InChI=1S/C13H13ClN4O2/c14-10-4-2-9(3-5-10)11(19)8-12(20)17-18-13-15-6-1-7-16-13/h1-7,11,19H,8H2,(H,17,20)(H,15,16,18). The zero-order chi connectivity index (χ0) is 14.4. The van der Waals surface area contributed by atoms with Crippen LogP contribution >= 0.6 is 11.6 Å². The molecule has 1 unspecified atom stereocenters. The number of hydrazine groups is 1. The van der Waals surface area contributed by atoms with E-state index in [2.05, 4.69) is 20.8 Å². The predicted octanol–water partition coefficient (Wildman–Crippen LogP) is 1.70. The Balaban J connectivity index is 1.83. The van der Waals surface area contributed by atoms with Crippen LogP contribution in [0.2, 0.25) is 5.02 Å². The number of nitrogens with one attached hydrogen (secondary N) is 2. The fraction of sp³-hybridized carbons (Fsp3) is 0.154. The first-order valence-corrected chi connectivity index (χ1v) is 6.28. The van der Waals surface area contributed by atoms with Crippen molar-refractivity contribution in [2.75, 3.05) is 5.43 Å². The lowest BCUT2D eigenvalue weighted by atomic mass is 10.1. The third-order valence-electron chi connectivity index (χ3n) is 2.51. The third-order valence-corrected chi connectivity index (χ3v) is 2.76. The highest BCUT2D eigenvalue weighted by atomic mass is 35.5. The number of hydrogen-bond acceptors (Lipinski definition) is 5. The lowest BCUT2D eigenvalue weighted by molar-refractivity contribution is -0.122. The molecule has 0 fully saturated rings. The van der Waals surface area contributed by atoms with Gasteiger partial charge < -0.3 is 5.11 Å². The molecule has 1 amide bonds. The van der Waals surface area contributed by atoms with Gasteiger partial charge in [0.2, 0.25) is 11.9 Å². The van der Waals surface area contributed by atoms with Gasteiger partial charge in [-0.3, -0.25) is 15.6 Å². The normalized spacial score (nSPS) is 11.7. The molecule has 0 aliphatic heterocycles. The van der Waals surface area contributed by atoms with E-state index < -0.39 is 6.10 Å². The second-order valence-electron chi connectivity index (χ2n) is 4.02. The fourth-order valence-electron chi connectivity index (χ4n) is 1.52. The number of amides is 1. The number of benzene rings is 1. The van der Waals surface area contributed by atoms with Crippen molar-refractivity contribution in [1.82, 2.24) is 15.4 Å². The van der Waals surface area contributed by atoms with E-state index in [4.69, 9.17) is 11.6 Å². The molecule has 0 saturated carbocycles. The number of carbonyl (C=O) groups excluding carboxylic acids is 1. The van der Waals surface area contributed by atoms with Crippen LogP contribution in [0.1, 0.15) is 18.1 Å². The highest BCUT2D eigenvalue weighted by molar-refractivity contribution is 6.30. The smallest absolute Gasteiger partial charge is 0.241 e. The molecule has 3 N–H and O–H groups in total. The van der Waals surface area contributed by atoms with Crippen LogP contribution in [0.3, 0.4) is 0 Å². The molecule has 6 nitrogen and oxygen atoms in total. The number of carbonyl (C=O) groups is 1. The molecule has 1 atom stereocenters. The van der Waals surface area contributed by atoms with Crippen molar-refractivity contribution in [2.45, 2.75) is 12.5 Å². The van der Waals surface area contributed by atoms with Crippen molar-refractivity contribution in [1.29, 1.82) is 0 Å². The van der Waals surface area contributed by atoms with Crippen LogP contribution in [-0.2, 0) is 4.79 Å². The van der Waals surface area contributed by atoms with Crippen LogP contribution in [0.15, 0.2) is 42.7 Å². The van der Waals surface area contributed by atoms with Crippen LogP contribution in [0.25, 0.3) is 0 Å². The van der Waals surface area contributed by atoms with Gasteiger partial charge in [-0.2, -0.15) is 0 Å². The highest BCUT2D eigenvalue weighted by Crippen LogP contribution is 2.18. The number of aliphatic hydroxyl groups excluding tert-OH is 1. The summed E-state index contributed by atoms with van der Waals surface area (Å²) in [5.41, 5.74) is 5.59. The summed E-state index contributed by atoms with van der Waals surface area (Å²) in [6.07, 6.45) is 2.11. The fourth-order valence-corrected chi connectivity index (χ4v) is 1.64. The number of nitrogens with zero attached hydrogens (tertiary/aromatic N) is 2. The molecular weight excluding hydrogens is 280 g/mol. The topological polar surface area (TPSA) is 87.1 Å². The molecule has 104 valence electrons. The van der Waals surface area contributed by atoms with E-state index in [1.54, 1.807) is 42.7 Å². The second-order valence-corrected chi connectivity index (χ2v) is 4.45. The Morgan fingerprint density at radius 3 is 2.55 bits per heavy atom. The number of aliphatic hydroxyl groups is 1. The molecule has 0 bridgehead atoms. The molecule has 0 aliphatic rings. The zero-order valence-corrected chi connectivity index (χ0v) is 11.2. The van der Waals surface area contributed by atoms with Gasteiger partial charge in [0.15, 0.2) is 0 Å². The van der Waals surface area contributed by atoms with Crippen LogP contribution in [0.4, 0.5) is 5.95 Å². The number of hydrogen-bond donors (Lipinski definition) is 3. The van der Waals surface area contributed by atoms with Gasteiger partial charge in [-0.25, -0.2) is 9.97 Å². The summed E-state index contributed by atoms with van der Waals surface area (Å²) in [5, 5.41) is 10.5. The lowest BCUT2D eigenvalue weighted by Crippen LogP contribution is -2.31. The maximum atomic E-state index is 11.7.